The number of likely N-dealkylation sites (tertiary alicyclic amines) is 1. The molecule has 0 saturated carbocycles. The lowest BCUT2D eigenvalue weighted by Gasteiger charge is -2.41. The van der Waals surface area contributed by atoms with Gasteiger partial charge in [0.15, 0.2) is 0 Å². The first kappa shape index (κ1) is 20.0. The highest BCUT2D eigenvalue weighted by atomic mass is 35.5. The highest BCUT2D eigenvalue weighted by Gasteiger charge is 2.42. The van der Waals surface area contributed by atoms with Gasteiger partial charge in [-0.25, -0.2) is 0 Å². The standard InChI is InChI=1S/C19H28N2O3.ClH/c1-23-17-4-2-3-16(13-17)15-5-9-21(10-6-15)18(22)19(14-20)7-11-24-12-8-19;/h2-4,13,15H,5-12,14,20H2,1H3;1H. The Kier molecular flexibility index (Phi) is 7.11. The smallest absolute Gasteiger partial charge is 0.230 e. The molecule has 3 rings (SSSR count). The van der Waals surface area contributed by atoms with E-state index in [9.17, 15) is 4.79 Å². The highest BCUT2D eigenvalue weighted by molar-refractivity contribution is 5.85. The van der Waals surface area contributed by atoms with Crippen LogP contribution in [0.1, 0.15) is 37.2 Å². The van der Waals surface area contributed by atoms with Crippen LogP contribution in [0.25, 0.3) is 0 Å². The molecule has 1 amide bonds. The summed E-state index contributed by atoms with van der Waals surface area (Å²) in [5.74, 6) is 1.63. The molecule has 2 saturated heterocycles. The Morgan fingerprint density at radius 2 is 2.00 bits per heavy atom. The molecule has 0 spiro atoms. The number of piperidine rings is 1. The number of methoxy groups -OCH3 is 1. The van der Waals surface area contributed by atoms with E-state index in [4.69, 9.17) is 15.2 Å². The van der Waals surface area contributed by atoms with E-state index in [0.29, 0.717) is 25.7 Å². The van der Waals surface area contributed by atoms with Crippen molar-refractivity contribution in [1.82, 2.24) is 4.90 Å². The average molecular weight is 369 g/mol. The van der Waals surface area contributed by atoms with Crippen molar-refractivity contribution in [3.8, 4) is 5.75 Å². The third kappa shape index (κ3) is 4.27. The van der Waals surface area contributed by atoms with Crippen molar-refractivity contribution in [3.05, 3.63) is 29.8 Å². The van der Waals surface area contributed by atoms with E-state index >= 15 is 0 Å². The number of nitrogens with zero attached hydrogens (tertiary/aromatic N) is 1. The summed E-state index contributed by atoms with van der Waals surface area (Å²) in [6, 6.07) is 8.28. The number of rotatable bonds is 4. The quantitative estimate of drug-likeness (QED) is 0.887. The van der Waals surface area contributed by atoms with Crippen molar-refractivity contribution in [2.24, 2.45) is 11.1 Å². The SMILES string of the molecule is COc1cccc(C2CCN(C(=O)C3(CN)CCOCC3)CC2)c1.Cl. The summed E-state index contributed by atoms with van der Waals surface area (Å²) in [5, 5.41) is 0. The predicted molar refractivity (Wildman–Crippen MR) is 100 cm³/mol. The minimum atomic E-state index is -0.402. The maximum atomic E-state index is 13.0. The molecule has 0 aliphatic carbocycles. The maximum absolute atomic E-state index is 13.0. The molecule has 0 unspecified atom stereocenters. The number of halogens is 1. The van der Waals surface area contributed by atoms with Crippen LogP contribution in [0, 0.1) is 5.41 Å². The van der Waals surface area contributed by atoms with Gasteiger partial charge in [0.2, 0.25) is 5.91 Å². The first-order chi connectivity index (χ1) is 11.7. The van der Waals surface area contributed by atoms with Crippen molar-refractivity contribution in [2.75, 3.05) is 40.0 Å². The fourth-order valence-electron chi connectivity index (χ4n) is 3.91. The molecule has 0 aromatic heterocycles. The van der Waals surface area contributed by atoms with Crippen LogP contribution >= 0.6 is 12.4 Å². The maximum Gasteiger partial charge on any atom is 0.230 e. The number of benzene rings is 1. The molecule has 0 radical (unpaired) electrons. The van der Waals surface area contributed by atoms with Gasteiger partial charge in [-0.15, -0.1) is 12.4 Å². The van der Waals surface area contributed by atoms with Crippen LogP contribution in [-0.2, 0) is 9.53 Å². The third-order valence-corrected chi connectivity index (χ3v) is 5.64. The lowest BCUT2D eigenvalue weighted by molar-refractivity contribution is -0.148. The number of carbonyl (C=O) groups is 1. The molecular formula is C19H29ClN2O3. The minimum Gasteiger partial charge on any atom is -0.497 e. The fourth-order valence-corrected chi connectivity index (χ4v) is 3.91. The van der Waals surface area contributed by atoms with Crippen molar-refractivity contribution in [2.45, 2.75) is 31.6 Å². The van der Waals surface area contributed by atoms with E-state index in [1.165, 1.54) is 5.56 Å². The molecule has 25 heavy (non-hydrogen) atoms. The van der Waals surface area contributed by atoms with Crippen LogP contribution in [-0.4, -0.2) is 50.8 Å². The number of hydrogen-bond donors (Lipinski definition) is 1. The summed E-state index contributed by atoms with van der Waals surface area (Å²) in [6.07, 6.45) is 3.49. The zero-order valence-corrected chi connectivity index (χ0v) is 15.7. The summed E-state index contributed by atoms with van der Waals surface area (Å²) < 4.78 is 10.7. The lowest BCUT2D eigenvalue weighted by atomic mass is 9.78. The second kappa shape index (κ2) is 8.88. The van der Waals surface area contributed by atoms with Crippen molar-refractivity contribution in [3.63, 3.8) is 0 Å². The number of nitrogens with two attached hydrogens (primary N) is 1. The molecule has 140 valence electrons. The molecule has 5 nitrogen and oxygen atoms in total. The Morgan fingerprint density at radius 1 is 1.32 bits per heavy atom. The third-order valence-electron chi connectivity index (χ3n) is 5.64. The summed E-state index contributed by atoms with van der Waals surface area (Å²) >= 11 is 0. The average Bonchev–Trinajstić information content (AvgIpc) is 2.68. The largest absolute Gasteiger partial charge is 0.497 e. The summed E-state index contributed by atoms with van der Waals surface area (Å²) in [5.41, 5.74) is 6.88. The monoisotopic (exact) mass is 368 g/mol. The van der Waals surface area contributed by atoms with Crippen LogP contribution < -0.4 is 10.5 Å². The van der Waals surface area contributed by atoms with Gasteiger partial charge < -0.3 is 20.1 Å². The van der Waals surface area contributed by atoms with Gasteiger partial charge in [0.25, 0.3) is 0 Å². The molecule has 2 aliphatic rings. The second-order valence-electron chi connectivity index (χ2n) is 6.94. The Bertz CT molecular complexity index is 568. The van der Waals surface area contributed by atoms with Gasteiger partial charge >= 0.3 is 0 Å². The summed E-state index contributed by atoms with van der Waals surface area (Å²) in [7, 11) is 1.69. The first-order valence-corrected chi connectivity index (χ1v) is 8.90. The number of ether oxygens (including phenoxy) is 2. The van der Waals surface area contributed by atoms with Crippen LogP contribution in [0.2, 0.25) is 0 Å². The van der Waals surface area contributed by atoms with Crippen LogP contribution in [0.3, 0.4) is 0 Å². The van der Waals surface area contributed by atoms with Crippen LogP contribution in [0.4, 0.5) is 0 Å². The second-order valence-corrected chi connectivity index (χ2v) is 6.94. The number of amides is 1. The zero-order chi connectivity index (χ0) is 17.0. The molecule has 2 heterocycles. The molecule has 2 fully saturated rings. The lowest BCUT2D eigenvalue weighted by Crippen LogP contribution is -2.52. The summed E-state index contributed by atoms with van der Waals surface area (Å²) in [4.78, 5) is 15.0. The Morgan fingerprint density at radius 3 is 2.60 bits per heavy atom. The van der Waals surface area contributed by atoms with Crippen LogP contribution in [0.5, 0.6) is 5.75 Å². The molecule has 2 aliphatic heterocycles. The molecular weight excluding hydrogens is 340 g/mol. The van der Waals surface area contributed by atoms with Gasteiger partial charge in [0, 0.05) is 32.8 Å². The van der Waals surface area contributed by atoms with E-state index < -0.39 is 5.41 Å². The van der Waals surface area contributed by atoms with Gasteiger partial charge in [-0.1, -0.05) is 12.1 Å². The number of hydrogen-bond acceptors (Lipinski definition) is 4. The Hall–Kier alpha value is -1.30. The minimum absolute atomic E-state index is 0. The van der Waals surface area contributed by atoms with Crippen molar-refractivity contribution in [1.29, 1.82) is 0 Å². The molecule has 0 atom stereocenters. The zero-order valence-electron chi connectivity index (χ0n) is 14.9. The summed E-state index contributed by atoms with van der Waals surface area (Å²) in [6.45, 7) is 3.32. The topological polar surface area (TPSA) is 64.8 Å². The highest BCUT2D eigenvalue weighted by Crippen LogP contribution is 2.35. The first-order valence-electron chi connectivity index (χ1n) is 8.90. The van der Waals surface area contributed by atoms with Crippen molar-refractivity contribution >= 4 is 18.3 Å². The number of carbonyl (C=O) groups excluding carboxylic acids is 1. The van der Waals surface area contributed by atoms with Crippen LogP contribution in [0.15, 0.2) is 24.3 Å². The van der Waals surface area contributed by atoms with Gasteiger partial charge in [-0.3, -0.25) is 4.79 Å². The molecule has 0 bridgehead atoms. The predicted octanol–water partition coefficient (Wildman–Crippen LogP) is 2.58. The van der Waals surface area contributed by atoms with E-state index in [1.54, 1.807) is 7.11 Å². The van der Waals surface area contributed by atoms with E-state index in [2.05, 4.69) is 12.1 Å². The van der Waals surface area contributed by atoms with Gasteiger partial charge in [-0.05, 0) is 49.3 Å². The molecule has 1 aromatic rings. The van der Waals surface area contributed by atoms with Gasteiger partial charge in [0.05, 0.1) is 12.5 Å². The molecule has 2 N–H and O–H groups in total. The normalized spacial score (nSPS) is 20.6. The van der Waals surface area contributed by atoms with E-state index in [-0.39, 0.29) is 18.3 Å². The Balaban J connectivity index is 0.00000225. The van der Waals surface area contributed by atoms with E-state index in [0.717, 1.165) is 44.5 Å². The van der Waals surface area contributed by atoms with E-state index in [1.807, 2.05) is 17.0 Å². The fraction of sp³-hybridized carbons (Fsp3) is 0.632. The van der Waals surface area contributed by atoms with Gasteiger partial charge in [0.1, 0.15) is 5.75 Å². The Labute approximate surface area is 156 Å². The van der Waals surface area contributed by atoms with Crippen molar-refractivity contribution < 1.29 is 14.3 Å². The molecule has 6 heteroatoms. The van der Waals surface area contributed by atoms with Gasteiger partial charge in [-0.2, -0.15) is 0 Å². The molecule has 1 aromatic carbocycles.